The Kier molecular flexibility index (Phi) is 2.60. The van der Waals surface area contributed by atoms with Crippen molar-refractivity contribution in [3.8, 4) is 0 Å². The first-order valence-electron chi connectivity index (χ1n) is 6.41. The summed E-state index contributed by atoms with van der Waals surface area (Å²) in [5.74, 6) is 1.90. The van der Waals surface area contributed by atoms with Gasteiger partial charge in [0.15, 0.2) is 0 Å². The van der Waals surface area contributed by atoms with Crippen molar-refractivity contribution in [3.63, 3.8) is 0 Å². The van der Waals surface area contributed by atoms with Crippen LogP contribution in [0.4, 0.5) is 5.69 Å². The van der Waals surface area contributed by atoms with Crippen LogP contribution in [-0.4, -0.2) is 13.1 Å². The molecular formula is C14H20N2. The Morgan fingerprint density at radius 2 is 1.81 bits per heavy atom. The lowest BCUT2D eigenvalue weighted by Gasteiger charge is -2.22. The van der Waals surface area contributed by atoms with Gasteiger partial charge in [0.05, 0.1) is 0 Å². The zero-order chi connectivity index (χ0) is 11.0. The van der Waals surface area contributed by atoms with Gasteiger partial charge in [-0.05, 0) is 36.3 Å². The molecule has 0 spiro atoms. The van der Waals surface area contributed by atoms with Gasteiger partial charge in [-0.3, -0.25) is 0 Å². The molecule has 2 nitrogen and oxygen atoms in total. The number of hydrogen-bond donors (Lipinski definition) is 1. The third kappa shape index (κ3) is 1.61. The molecule has 86 valence electrons. The first-order valence-corrected chi connectivity index (χ1v) is 6.41. The van der Waals surface area contributed by atoms with Crippen LogP contribution in [0.15, 0.2) is 24.3 Å². The predicted octanol–water partition coefficient (Wildman–Crippen LogP) is 2.38. The van der Waals surface area contributed by atoms with Gasteiger partial charge in [-0.15, -0.1) is 0 Å². The fourth-order valence-corrected chi connectivity index (χ4v) is 3.42. The van der Waals surface area contributed by atoms with Crippen LogP contribution in [0.25, 0.3) is 0 Å². The molecule has 1 heterocycles. The predicted molar refractivity (Wildman–Crippen MR) is 67.4 cm³/mol. The number of benzene rings is 1. The highest BCUT2D eigenvalue weighted by Crippen LogP contribution is 2.40. The van der Waals surface area contributed by atoms with E-state index in [2.05, 4.69) is 29.2 Å². The number of para-hydroxylation sites is 1. The molecule has 1 aliphatic carbocycles. The lowest BCUT2D eigenvalue weighted by Crippen LogP contribution is -2.22. The van der Waals surface area contributed by atoms with E-state index in [4.69, 9.17) is 5.73 Å². The summed E-state index contributed by atoms with van der Waals surface area (Å²) in [6.07, 6.45) is 4.32. The Bertz CT molecular complexity index is 363. The van der Waals surface area contributed by atoms with E-state index >= 15 is 0 Å². The third-order valence-corrected chi connectivity index (χ3v) is 4.28. The smallest absolute Gasteiger partial charge is 0.0411 e. The topological polar surface area (TPSA) is 29.3 Å². The average Bonchev–Trinajstić information content (AvgIpc) is 2.89. The van der Waals surface area contributed by atoms with Gasteiger partial charge >= 0.3 is 0 Å². The molecule has 0 radical (unpaired) electrons. The molecule has 0 bridgehead atoms. The number of nitrogens with two attached hydrogens (primary N) is 1. The van der Waals surface area contributed by atoms with Gasteiger partial charge in [0.2, 0.25) is 0 Å². The highest BCUT2D eigenvalue weighted by Gasteiger charge is 2.36. The average molecular weight is 216 g/mol. The molecule has 1 saturated carbocycles. The minimum atomic E-state index is 0.655. The summed E-state index contributed by atoms with van der Waals surface area (Å²) in [5, 5.41) is 0. The monoisotopic (exact) mass is 216 g/mol. The van der Waals surface area contributed by atoms with E-state index < -0.39 is 0 Å². The van der Waals surface area contributed by atoms with E-state index in [-0.39, 0.29) is 0 Å². The summed E-state index contributed by atoms with van der Waals surface area (Å²) in [6, 6.07) is 8.60. The van der Waals surface area contributed by atoms with E-state index in [1.165, 1.54) is 43.6 Å². The first kappa shape index (κ1) is 10.2. The van der Waals surface area contributed by atoms with Crippen molar-refractivity contribution in [1.82, 2.24) is 0 Å². The molecule has 2 N–H and O–H groups in total. The summed E-state index contributed by atoms with van der Waals surface area (Å²) < 4.78 is 0. The summed E-state index contributed by atoms with van der Waals surface area (Å²) in [7, 11) is 0. The van der Waals surface area contributed by atoms with Crippen molar-refractivity contribution < 1.29 is 0 Å². The van der Waals surface area contributed by atoms with Crippen molar-refractivity contribution in [1.29, 1.82) is 0 Å². The molecule has 1 aromatic carbocycles. The summed E-state index contributed by atoms with van der Waals surface area (Å²) in [6.45, 7) is 3.16. The molecule has 2 atom stereocenters. The van der Waals surface area contributed by atoms with Crippen LogP contribution in [0.1, 0.15) is 24.8 Å². The molecular weight excluding hydrogens is 196 g/mol. The molecule has 2 unspecified atom stereocenters. The minimum Gasteiger partial charge on any atom is -0.371 e. The van der Waals surface area contributed by atoms with Crippen LogP contribution in [0.3, 0.4) is 0 Å². The van der Waals surface area contributed by atoms with E-state index in [0.29, 0.717) is 6.54 Å². The van der Waals surface area contributed by atoms with Gasteiger partial charge in [-0.2, -0.15) is 0 Å². The lowest BCUT2D eigenvalue weighted by atomic mass is 10.0. The maximum atomic E-state index is 5.81. The Morgan fingerprint density at radius 1 is 1.12 bits per heavy atom. The van der Waals surface area contributed by atoms with Crippen LogP contribution in [0.2, 0.25) is 0 Å². The molecule has 1 saturated heterocycles. The highest BCUT2D eigenvalue weighted by atomic mass is 15.2. The minimum absolute atomic E-state index is 0.655. The molecule has 2 fully saturated rings. The van der Waals surface area contributed by atoms with Crippen LogP contribution in [0, 0.1) is 11.8 Å². The zero-order valence-electron chi connectivity index (χ0n) is 9.73. The maximum absolute atomic E-state index is 5.81. The van der Waals surface area contributed by atoms with Crippen molar-refractivity contribution >= 4 is 5.69 Å². The molecule has 16 heavy (non-hydrogen) atoms. The molecule has 1 aromatic rings. The lowest BCUT2D eigenvalue weighted by molar-refractivity contribution is 0.494. The second-order valence-corrected chi connectivity index (χ2v) is 5.19. The van der Waals surface area contributed by atoms with Crippen molar-refractivity contribution in [2.45, 2.75) is 25.8 Å². The van der Waals surface area contributed by atoms with Crippen LogP contribution in [-0.2, 0) is 6.54 Å². The number of hydrogen-bond acceptors (Lipinski definition) is 2. The Balaban J connectivity index is 1.83. The molecule has 2 heteroatoms. The Hall–Kier alpha value is -1.02. The molecule has 0 amide bonds. The summed E-state index contributed by atoms with van der Waals surface area (Å²) >= 11 is 0. The largest absolute Gasteiger partial charge is 0.371 e. The fourth-order valence-electron chi connectivity index (χ4n) is 3.42. The van der Waals surface area contributed by atoms with Crippen molar-refractivity contribution in [2.24, 2.45) is 17.6 Å². The quantitative estimate of drug-likeness (QED) is 0.822. The number of fused-ring (bicyclic) bond motifs is 1. The van der Waals surface area contributed by atoms with E-state index in [0.717, 1.165) is 11.8 Å². The van der Waals surface area contributed by atoms with Gasteiger partial charge in [-0.1, -0.05) is 24.6 Å². The Labute approximate surface area is 97.4 Å². The van der Waals surface area contributed by atoms with Crippen LogP contribution in [0.5, 0.6) is 0 Å². The maximum Gasteiger partial charge on any atom is 0.0411 e. The van der Waals surface area contributed by atoms with Gasteiger partial charge in [0.1, 0.15) is 0 Å². The van der Waals surface area contributed by atoms with Crippen molar-refractivity contribution in [2.75, 3.05) is 18.0 Å². The first-order chi connectivity index (χ1) is 7.88. The number of anilines is 1. The fraction of sp³-hybridized carbons (Fsp3) is 0.571. The summed E-state index contributed by atoms with van der Waals surface area (Å²) in [4.78, 5) is 2.55. The van der Waals surface area contributed by atoms with Gasteiger partial charge in [0.25, 0.3) is 0 Å². The van der Waals surface area contributed by atoms with Crippen molar-refractivity contribution in [3.05, 3.63) is 29.8 Å². The second kappa shape index (κ2) is 4.10. The summed E-state index contributed by atoms with van der Waals surface area (Å²) in [5.41, 5.74) is 8.48. The highest BCUT2D eigenvalue weighted by molar-refractivity contribution is 5.54. The molecule has 1 aliphatic heterocycles. The second-order valence-electron chi connectivity index (χ2n) is 5.19. The Morgan fingerprint density at radius 3 is 2.50 bits per heavy atom. The molecule has 2 aliphatic rings. The zero-order valence-corrected chi connectivity index (χ0v) is 9.73. The van der Waals surface area contributed by atoms with E-state index in [1.54, 1.807) is 0 Å². The third-order valence-electron chi connectivity index (χ3n) is 4.28. The normalized spacial score (nSPS) is 28.4. The molecule has 3 rings (SSSR count). The van der Waals surface area contributed by atoms with Crippen LogP contribution < -0.4 is 10.6 Å². The number of nitrogens with zero attached hydrogens (tertiary/aromatic N) is 1. The SMILES string of the molecule is NCc1ccccc1N1CC2CCCC2C1. The van der Waals surface area contributed by atoms with Crippen LogP contribution >= 0.6 is 0 Å². The molecule has 0 aromatic heterocycles. The number of rotatable bonds is 2. The standard InChI is InChI=1S/C14H20N2/c15-8-11-4-1-2-7-14(11)16-9-12-5-3-6-13(12)10-16/h1-2,4,7,12-13H,3,5-6,8-10,15H2. The van der Waals surface area contributed by atoms with E-state index in [9.17, 15) is 0 Å². The van der Waals surface area contributed by atoms with Gasteiger partial charge in [0, 0.05) is 25.3 Å². The van der Waals surface area contributed by atoms with Gasteiger partial charge < -0.3 is 10.6 Å². The van der Waals surface area contributed by atoms with E-state index in [1.807, 2.05) is 0 Å². The van der Waals surface area contributed by atoms with Gasteiger partial charge in [-0.25, -0.2) is 0 Å².